The molecule has 0 aliphatic carbocycles. The van der Waals surface area contributed by atoms with Crippen molar-refractivity contribution in [2.45, 2.75) is 6.92 Å². The van der Waals surface area contributed by atoms with Crippen LogP contribution in [-0.4, -0.2) is 28.6 Å². The zero-order valence-electron chi connectivity index (χ0n) is 10.4. The summed E-state index contributed by atoms with van der Waals surface area (Å²) in [6.07, 6.45) is 0. The maximum atomic E-state index is 13.2. The fourth-order valence-electron chi connectivity index (χ4n) is 1.47. The molecule has 0 bridgehead atoms. The number of anilines is 1. The van der Waals surface area contributed by atoms with Gasteiger partial charge in [-0.15, -0.1) is 0 Å². The minimum absolute atomic E-state index is 0.0986. The fraction of sp³-hybridized carbons (Fsp3) is 0.250. The first-order valence-electron chi connectivity index (χ1n) is 5.65. The molecule has 100 valence electrons. The van der Waals surface area contributed by atoms with E-state index in [2.05, 4.69) is 20.3 Å². The van der Waals surface area contributed by atoms with Crippen molar-refractivity contribution in [2.24, 2.45) is 0 Å². The van der Waals surface area contributed by atoms with Gasteiger partial charge < -0.3 is 10.1 Å². The second-order valence-corrected chi connectivity index (χ2v) is 3.61. The Bertz CT molecular complexity index is 572. The third kappa shape index (κ3) is 3.12. The van der Waals surface area contributed by atoms with Gasteiger partial charge in [-0.2, -0.15) is 15.0 Å². The molecule has 0 fully saturated rings. The maximum absolute atomic E-state index is 13.2. The predicted octanol–water partition coefficient (Wildman–Crippen LogP) is 2.26. The summed E-state index contributed by atoms with van der Waals surface area (Å²) in [6.45, 7) is 2.16. The first-order chi connectivity index (χ1) is 9.12. The summed E-state index contributed by atoms with van der Waals surface area (Å²) >= 11 is 0. The molecule has 1 heterocycles. The van der Waals surface area contributed by atoms with E-state index in [9.17, 15) is 8.78 Å². The zero-order chi connectivity index (χ0) is 13.8. The fourth-order valence-corrected chi connectivity index (χ4v) is 1.47. The molecule has 0 saturated carbocycles. The number of hydrogen-bond donors (Lipinski definition) is 1. The van der Waals surface area contributed by atoms with Gasteiger partial charge in [0.1, 0.15) is 11.6 Å². The van der Waals surface area contributed by atoms with Crippen molar-refractivity contribution >= 4 is 5.95 Å². The number of nitrogens with zero attached hydrogens (tertiary/aromatic N) is 3. The van der Waals surface area contributed by atoms with Crippen LogP contribution in [0.25, 0.3) is 11.4 Å². The monoisotopic (exact) mass is 266 g/mol. The molecule has 0 unspecified atom stereocenters. The maximum Gasteiger partial charge on any atom is 0.321 e. The van der Waals surface area contributed by atoms with E-state index in [1.807, 2.05) is 0 Å². The van der Waals surface area contributed by atoms with Crippen LogP contribution in [0.3, 0.4) is 0 Å². The molecule has 0 saturated heterocycles. The molecule has 5 nitrogen and oxygen atoms in total. The number of nitrogens with one attached hydrogen (secondary N) is 1. The number of ether oxygens (including phenoxy) is 1. The van der Waals surface area contributed by atoms with Gasteiger partial charge >= 0.3 is 6.01 Å². The van der Waals surface area contributed by atoms with Gasteiger partial charge in [0.25, 0.3) is 0 Å². The third-order valence-corrected chi connectivity index (χ3v) is 2.23. The first-order valence-corrected chi connectivity index (χ1v) is 5.65. The summed E-state index contributed by atoms with van der Waals surface area (Å²) in [7, 11) is 1.63. The average Bonchev–Trinajstić information content (AvgIpc) is 2.37. The van der Waals surface area contributed by atoms with Gasteiger partial charge in [-0.25, -0.2) is 8.78 Å². The summed E-state index contributed by atoms with van der Waals surface area (Å²) in [5.74, 6) is -0.988. The molecule has 0 amide bonds. The summed E-state index contributed by atoms with van der Waals surface area (Å²) in [4.78, 5) is 12.0. The normalized spacial score (nSPS) is 10.3. The van der Waals surface area contributed by atoms with Gasteiger partial charge in [0, 0.05) is 18.7 Å². The Morgan fingerprint density at radius 3 is 2.37 bits per heavy atom. The number of rotatable bonds is 4. The van der Waals surface area contributed by atoms with Crippen LogP contribution >= 0.6 is 0 Å². The Morgan fingerprint density at radius 2 is 1.79 bits per heavy atom. The quantitative estimate of drug-likeness (QED) is 0.919. The lowest BCUT2D eigenvalue weighted by Crippen LogP contribution is -2.05. The molecule has 1 N–H and O–H groups in total. The Labute approximate surface area is 108 Å². The molecular formula is C12H12F2N4O. The van der Waals surface area contributed by atoms with Gasteiger partial charge in [-0.3, -0.25) is 0 Å². The lowest BCUT2D eigenvalue weighted by atomic mass is 10.2. The van der Waals surface area contributed by atoms with Crippen LogP contribution in [-0.2, 0) is 0 Å². The van der Waals surface area contributed by atoms with E-state index in [1.165, 1.54) is 0 Å². The second kappa shape index (κ2) is 5.55. The molecule has 0 atom stereocenters. The highest BCUT2D eigenvalue weighted by Gasteiger charge is 2.10. The molecule has 0 aliphatic heterocycles. The average molecular weight is 266 g/mol. The van der Waals surface area contributed by atoms with Gasteiger partial charge in [-0.05, 0) is 19.1 Å². The first kappa shape index (κ1) is 13.1. The lowest BCUT2D eigenvalue weighted by Gasteiger charge is -2.07. The Morgan fingerprint density at radius 1 is 1.11 bits per heavy atom. The number of benzene rings is 1. The smallest absolute Gasteiger partial charge is 0.321 e. The van der Waals surface area contributed by atoms with E-state index in [0.29, 0.717) is 6.61 Å². The highest BCUT2D eigenvalue weighted by molar-refractivity contribution is 5.56. The highest BCUT2D eigenvalue weighted by atomic mass is 19.1. The third-order valence-electron chi connectivity index (χ3n) is 2.23. The molecule has 2 aromatic rings. The molecule has 2 rings (SSSR count). The van der Waals surface area contributed by atoms with E-state index in [0.717, 1.165) is 18.2 Å². The van der Waals surface area contributed by atoms with Gasteiger partial charge in [0.05, 0.1) is 6.61 Å². The number of halogens is 2. The van der Waals surface area contributed by atoms with Crippen LogP contribution in [0, 0.1) is 11.6 Å². The summed E-state index contributed by atoms with van der Waals surface area (Å²) in [5, 5.41) is 2.74. The van der Waals surface area contributed by atoms with Crippen LogP contribution in [0.5, 0.6) is 6.01 Å². The summed E-state index contributed by atoms with van der Waals surface area (Å²) < 4.78 is 31.6. The van der Waals surface area contributed by atoms with E-state index in [-0.39, 0.29) is 23.3 Å². The van der Waals surface area contributed by atoms with Crippen LogP contribution in [0.2, 0.25) is 0 Å². The van der Waals surface area contributed by atoms with Gasteiger partial charge in [0.15, 0.2) is 5.82 Å². The molecule has 1 aromatic carbocycles. The largest absolute Gasteiger partial charge is 0.464 e. The Balaban J connectivity index is 2.50. The summed E-state index contributed by atoms with van der Waals surface area (Å²) in [6, 6.07) is 3.18. The van der Waals surface area contributed by atoms with Gasteiger partial charge in [-0.1, -0.05) is 0 Å². The molecular weight excluding hydrogens is 254 g/mol. The molecule has 0 aliphatic rings. The van der Waals surface area contributed by atoms with Crippen molar-refractivity contribution in [1.82, 2.24) is 15.0 Å². The van der Waals surface area contributed by atoms with Crippen LogP contribution in [0.4, 0.5) is 14.7 Å². The van der Waals surface area contributed by atoms with Crippen molar-refractivity contribution in [3.8, 4) is 17.4 Å². The van der Waals surface area contributed by atoms with E-state index in [4.69, 9.17) is 4.74 Å². The van der Waals surface area contributed by atoms with Gasteiger partial charge in [0.2, 0.25) is 5.95 Å². The minimum atomic E-state index is -0.695. The topological polar surface area (TPSA) is 59.9 Å². The van der Waals surface area contributed by atoms with Crippen LogP contribution in [0.1, 0.15) is 6.92 Å². The summed E-state index contributed by atoms with van der Waals surface area (Å²) in [5.41, 5.74) is 0.220. The molecule has 0 radical (unpaired) electrons. The van der Waals surface area contributed by atoms with Crippen molar-refractivity contribution in [3.63, 3.8) is 0 Å². The number of aromatic nitrogens is 3. The van der Waals surface area contributed by atoms with Crippen molar-refractivity contribution < 1.29 is 13.5 Å². The standard InChI is InChI=1S/C12H12F2N4O/c1-3-19-12-17-10(16-11(15-2)18-12)7-4-8(13)6-9(14)5-7/h4-6H,3H2,1-2H3,(H,15,16,17,18). The Hall–Kier alpha value is -2.31. The molecule has 0 spiro atoms. The molecule has 1 aromatic heterocycles. The van der Waals surface area contributed by atoms with E-state index < -0.39 is 11.6 Å². The van der Waals surface area contributed by atoms with E-state index in [1.54, 1.807) is 14.0 Å². The van der Waals surface area contributed by atoms with Crippen LogP contribution in [0.15, 0.2) is 18.2 Å². The van der Waals surface area contributed by atoms with Crippen molar-refractivity contribution in [2.75, 3.05) is 19.0 Å². The van der Waals surface area contributed by atoms with E-state index >= 15 is 0 Å². The predicted molar refractivity (Wildman–Crippen MR) is 65.9 cm³/mol. The second-order valence-electron chi connectivity index (χ2n) is 3.61. The zero-order valence-corrected chi connectivity index (χ0v) is 10.4. The highest BCUT2D eigenvalue weighted by Crippen LogP contribution is 2.20. The van der Waals surface area contributed by atoms with Crippen molar-refractivity contribution in [3.05, 3.63) is 29.8 Å². The lowest BCUT2D eigenvalue weighted by molar-refractivity contribution is 0.312. The SMILES string of the molecule is CCOc1nc(NC)nc(-c2cc(F)cc(F)c2)n1. The van der Waals surface area contributed by atoms with Crippen LogP contribution < -0.4 is 10.1 Å². The number of hydrogen-bond acceptors (Lipinski definition) is 5. The van der Waals surface area contributed by atoms with Crippen molar-refractivity contribution in [1.29, 1.82) is 0 Å². The Kier molecular flexibility index (Phi) is 3.84. The molecule has 7 heteroatoms. The molecule has 19 heavy (non-hydrogen) atoms. The minimum Gasteiger partial charge on any atom is -0.464 e.